The van der Waals surface area contributed by atoms with Gasteiger partial charge in [0, 0.05) is 0 Å². The van der Waals surface area contributed by atoms with Crippen molar-refractivity contribution in [2.75, 3.05) is 0 Å². The molecule has 7 rings (SSSR count). The average molecular weight is 623 g/mol. The monoisotopic (exact) mass is 622 g/mol. The van der Waals surface area contributed by atoms with Gasteiger partial charge in [0.15, 0.2) is 35.1 Å². The first kappa shape index (κ1) is 26.6. The first-order valence-electron chi connectivity index (χ1n) is 12.6. The van der Waals surface area contributed by atoms with Crippen LogP contribution in [0.15, 0.2) is 158 Å². The molecule has 5 aromatic rings. The van der Waals surface area contributed by atoms with Crippen LogP contribution >= 0.6 is 0 Å². The van der Waals surface area contributed by atoms with E-state index < -0.39 is 41.5 Å². The van der Waals surface area contributed by atoms with Crippen molar-refractivity contribution in [3.63, 3.8) is 0 Å². The molecule has 6 nitrogen and oxygen atoms in total. The summed E-state index contributed by atoms with van der Waals surface area (Å²) >= 11 is 0. The molecule has 0 spiro atoms. The first-order chi connectivity index (χ1) is 20.3. The Hall–Kier alpha value is -4.32. The van der Waals surface area contributed by atoms with Crippen molar-refractivity contribution < 1.29 is 16.8 Å². The van der Waals surface area contributed by atoms with E-state index in [0.29, 0.717) is 19.6 Å². The van der Waals surface area contributed by atoms with Crippen LogP contribution in [0.3, 0.4) is 0 Å². The van der Waals surface area contributed by atoms with Gasteiger partial charge in [-0.3, -0.25) is 0 Å². The molecule has 0 radical (unpaired) electrons. The molecule has 0 N–H and O–H groups in total. The SMILES string of the molecule is [C-]#[N+]c1ccc2c(c1)S(=O)(=O)c1ccccc1[S+]2c1ccc([S+]2c3ccccc3S(=O)(=O)c3cc(C#N)ccc32)cc1. The van der Waals surface area contributed by atoms with Gasteiger partial charge in [-0.25, -0.2) is 21.7 Å². The molecule has 5 aromatic carbocycles. The molecule has 2 atom stereocenters. The predicted molar refractivity (Wildman–Crippen MR) is 158 cm³/mol. The highest BCUT2D eigenvalue weighted by atomic mass is 32.2. The Balaban J connectivity index is 1.40. The number of hydrogen-bond donors (Lipinski definition) is 0. The third kappa shape index (κ3) is 3.84. The Morgan fingerprint density at radius 3 is 1.52 bits per heavy atom. The quantitative estimate of drug-likeness (QED) is 0.160. The molecular weight excluding hydrogens is 605 g/mol. The number of fused-ring (bicyclic) bond motifs is 4. The minimum Gasteiger partial charge on any atom is -0.238 e. The van der Waals surface area contributed by atoms with E-state index in [2.05, 4.69) is 4.85 Å². The highest BCUT2D eigenvalue weighted by Gasteiger charge is 2.47. The van der Waals surface area contributed by atoms with E-state index in [1.54, 1.807) is 48.5 Å². The zero-order valence-corrected chi connectivity index (χ0v) is 24.8. The fourth-order valence-corrected chi connectivity index (χ4v) is 14.7. The zero-order valence-electron chi connectivity index (χ0n) is 21.6. The molecule has 2 aliphatic heterocycles. The van der Waals surface area contributed by atoms with Crippen molar-refractivity contribution in [2.24, 2.45) is 0 Å². The van der Waals surface area contributed by atoms with Crippen molar-refractivity contribution in [2.45, 2.75) is 49.0 Å². The van der Waals surface area contributed by atoms with Gasteiger partial charge in [-0.05, 0) is 78.9 Å². The lowest BCUT2D eigenvalue weighted by molar-refractivity contribution is 0.589. The smallest absolute Gasteiger partial charge is 0.216 e. The van der Waals surface area contributed by atoms with Crippen molar-refractivity contribution in [3.05, 3.63) is 126 Å². The summed E-state index contributed by atoms with van der Waals surface area (Å²) in [5, 5.41) is 9.45. The van der Waals surface area contributed by atoms with E-state index in [9.17, 15) is 22.1 Å². The molecule has 2 heterocycles. The second kappa shape index (κ2) is 9.62. The Kier molecular flexibility index (Phi) is 6.08. The topological polar surface area (TPSA) is 96.4 Å². The minimum atomic E-state index is -3.80. The van der Waals surface area contributed by atoms with Gasteiger partial charge in [-0.2, -0.15) is 5.26 Å². The maximum atomic E-state index is 13.6. The van der Waals surface area contributed by atoms with Crippen molar-refractivity contribution >= 4 is 47.2 Å². The lowest BCUT2D eigenvalue weighted by atomic mass is 10.2. The summed E-state index contributed by atoms with van der Waals surface area (Å²) in [4.78, 5) is 8.67. The van der Waals surface area contributed by atoms with E-state index >= 15 is 0 Å². The fraction of sp³-hybridized carbons (Fsp3) is 0. The standard InChI is InChI=1S/C32H18N2O4S4/c1-34-22-11-17-28-32(19-22)42(37,38)30-9-5-3-7-26(30)40(28)24-14-12-23(13-15-24)39-25-6-2-4-8-29(25)41(35,36)31-18-21(20-33)10-16-27(31)39/h2-19H/q+2. The normalized spacial score (nSPS) is 18.7. The molecular formula is C32H18N2O4S4+2. The van der Waals surface area contributed by atoms with Crippen LogP contribution in [0.2, 0.25) is 0 Å². The molecule has 42 heavy (non-hydrogen) atoms. The molecule has 2 unspecified atom stereocenters. The maximum Gasteiger partial charge on any atom is 0.216 e. The summed E-state index contributed by atoms with van der Waals surface area (Å²) in [6.07, 6.45) is 0. The largest absolute Gasteiger partial charge is 0.238 e. The Morgan fingerprint density at radius 1 is 0.571 bits per heavy atom. The number of rotatable bonds is 2. The number of hydrogen-bond acceptors (Lipinski definition) is 5. The van der Waals surface area contributed by atoms with E-state index in [4.69, 9.17) is 6.57 Å². The summed E-state index contributed by atoms with van der Waals surface area (Å²) < 4.78 is 54.3. The highest BCUT2D eigenvalue weighted by Crippen LogP contribution is 2.48. The summed E-state index contributed by atoms with van der Waals surface area (Å²) in [6.45, 7) is 7.40. The molecule has 0 fully saturated rings. The Morgan fingerprint density at radius 2 is 1.02 bits per heavy atom. The molecule has 10 heteroatoms. The number of sulfone groups is 2. The van der Waals surface area contributed by atoms with Crippen LogP contribution in [0, 0.1) is 17.9 Å². The summed E-state index contributed by atoms with van der Waals surface area (Å²) in [5.74, 6) is 0. The second-order valence-electron chi connectivity index (χ2n) is 9.50. The van der Waals surface area contributed by atoms with Gasteiger partial charge in [0.25, 0.3) is 0 Å². The molecule has 0 saturated carbocycles. The molecule has 2 aliphatic rings. The number of nitriles is 1. The highest BCUT2D eigenvalue weighted by molar-refractivity contribution is 8.01. The third-order valence-electron chi connectivity index (χ3n) is 7.16. The van der Waals surface area contributed by atoms with Crippen molar-refractivity contribution in [3.8, 4) is 6.07 Å². The number of nitrogens with zero attached hydrogens (tertiary/aromatic N) is 2. The summed E-state index contributed by atoms with van der Waals surface area (Å²) in [7, 11) is -9.10. The van der Waals surface area contributed by atoms with Gasteiger partial charge in [0.2, 0.25) is 19.7 Å². The molecule has 0 aliphatic carbocycles. The van der Waals surface area contributed by atoms with Gasteiger partial charge in [0.1, 0.15) is 41.4 Å². The molecule has 202 valence electrons. The average Bonchev–Trinajstić information content (AvgIpc) is 3.02. The van der Waals surface area contributed by atoms with Crippen LogP contribution in [-0.4, -0.2) is 16.8 Å². The van der Waals surface area contributed by atoms with Gasteiger partial charge in [-0.15, -0.1) is 0 Å². The summed E-state index contributed by atoms with van der Waals surface area (Å²) in [5.41, 5.74) is 0.545. The van der Waals surface area contributed by atoms with Crippen LogP contribution in [0.25, 0.3) is 4.85 Å². The molecule has 0 saturated heterocycles. The van der Waals surface area contributed by atoms with Crippen LogP contribution in [-0.2, 0) is 41.5 Å². The predicted octanol–water partition coefficient (Wildman–Crippen LogP) is 6.59. The molecule has 0 aromatic heterocycles. The van der Waals surface area contributed by atoms with E-state index in [1.165, 1.54) is 12.1 Å². The van der Waals surface area contributed by atoms with Crippen LogP contribution in [0.5, 0.6) is 0 Å². The second-order valence-corrected chi connectivity index (χ2v) is 17.2. The lowest BCUT2D eigenvalue weighted by Gasteiger charge is -2.21. The third-order valence-corrected chi connectivity index (χ3v) is 16.1. The Bertz CT molecular complexity index is 2110. The minimum absolute atomic E-state index is 0.144. The van der Waals surface area contributed by atoms with Crippen molar-refractivity contribution in [1.82, 2.24) is 0 Å². The van der Waals surface area contributed by atoms with Crippen LogP contribution in [0.4, 0.5) is 5.69 Å². The van der Waals surface area contributed by atoms with Gasteiger partial charge >= 0.3 is 0 Å². The van der Waals surface area contributed by atoms with Gasteiger partial charge in [-0.1, -0.05) is 30.3 Å². The van der Waals surface area contributed by atoms with Crippen LogP contribution < -0.4 is 0 Å². The zero-order chi connectivity index (χ0) is 29.2. The van der Waals surface area contributed by atoms with E-state index in [-0.39, 0.29) is 30.8 Å². The Labute approximate surface area is 249 Å². The molecule has 0 amide bonds. The molecule has 0 bridgehead atoms. The lowest BCUT2D eigenvalue weighted by Crippen LogP contribution is -2.21. The van der Waals surface area contributed by atoms with Crippen LogP contribution in [0.1, 0.15) is 5.56 Å². The maximum absolute atomic E-state index is 13.6. The van der Waals surface area contributed by atoms with Crippen molar-refractivity contribution in [1.29, 1.82) is 5.26 Å². The van der Waals surface area contributed by atoms with Gasteiger partial charge < -0.3 is 0 Å². The van der Waals surface area contributed by atoms with Gasteiger partial charge in [0.05, 0.1) is 18.2 Å². The van der Waals surface area contributed by atoms with E-state index in [0.717, 1.165) is 9.79 Å². The number of benzene rings is 5. The first-order valence-corrected chi connectivity index (χ1v) is 18.0. The summed E-state index contributed by atoms with van der Waals surface area (Å²) in [6, 6.07) is 33.6. The fourth-order valence-electron chi connectivity index (χ4n) is 5.28. The van der Waals surface area contributed by atoms with E-state index in [1.807, 2.05) is 54.6 Å².